The molecule has 2 aromatic heterocycles. The quantitative estimate of drug-likeness (QED) is 0.694. The van der Waals surface area contributed by atoms with Crippen LogP contribution in [-0.2, 0) is 0 Å². The Morgan fingerprint density at radius 1 is 1.18 bits per heavy atom. The van der Waals surface area contributed by atoms with Crippen LogP contribution >= 0.6 is 0 Å². The van der Waals surface area contributed by atoms with Gasteiger partial charge in [-0.3, -0.25) is 0 Å². The third kappa shape index (κ3) is 3.08. The van der Waals surface area contributed by atoms with Crippen molar-refractivity contribution in [3.05, 3.63) is 42.7 Å². The summed E-state index contributed by atoms with van der Waals surface area (Å²) in [6, 6.07) is 9.91. The zero-order valence-electron chi connectivity index (χ0n) is 12.9. The molecule has 1 atom stereocenters. The van der Waals surface area contributed by atoms with Gasteiger partial charge in [-0.05, 0) is 25.5 Å². The molecular weight excluding hydrogens is 276 g/mol. The lowest BCUT2D eigenvalue weighted by molar-refractivity contribution is 0.199. The van der Waals surface area contributed by atoms with E-state index in [0.717, 1.165) is 29.7 Å². The lowest BCUT2D eigenvalue weighted by Crippen LogP contribution is -2.12. The van der Waals surface area contributed by atoms with E-state index in [0.29, 0.717) is 5.88 Å². The van der Waals surface area contributed by atoms with Crippen LogP contribution in [0.25, 0.3) is 16.9 Å². The molecule has 3 aromatic rings. The summed E-state index contributed by atoms with van der Waals surface area (Å²) in [6.07, 6.45) is 6.89. The molecule has 0 amide bonds. The van der Waals surface area contributed by atoms with Gasteiger partial charge in [0.05, 0.1) is 24.2 Å². The van der Waals surface area contributed by atoms with E-state index < -0.39 is 0 Å². The fraction of sp³-hybridized carbons (Fsp3) is 0.353. The van der Waals surface area contributed by atoms with Crippen molar-refractivity contribution in [3.8, 4) is 11.6 Å². The van der Waals surface area contributed by atoms with Crippen molar-refractivity contribution in [2.75, 3.05) is 0 Å². The van der Waals surface area contributed by atoms with Gasteiger partial charge in [-0.1, -0.05) is 38.0 Å². The molecule has 1 aromatic carbocycles. The molecule has 0 aliphatic carbocycles. The van der Waals surface area contributed by atoms with Gasteiger partial charge in [-0.15, -0.1) is 0 Å². The van der Waals surface area contributed by atoms with Gasteiger partial charge in [0.25, 0.3) is 0 Å². The molecule has 114 valence electrons. The van der Waals surface area contributed by atoms with Crippen LogP contribution in [0.3, 0.4) is 0 Å². The topological polar surface area (TPSA) is 52.8 Å². The Hall–Kier alpha value is -2.43. The summed E-state index contributed by atoms with van der Waals surface area (Å²) in [5.41, 5.74) is 2.44. The molecule has 3 rings (SSSR count). The molecule has 0 N–H and O–H groups in total. The second kappa shape index (κ2) is 6.56. The molecule has 22 heavy (non-hydrogen) atoms. The predicted molar refractivity (Wildman–Crippen MR) is 86.3 cm³/mol. The number of nitrogens with zero attached hydrogens (tertiary/aromatic N) is 4. The highest BCUT2D eigenvalue weighted by Crippen LogP contribution is 2.18. The third-order valence-corrected chi connectivity index (χ3v) is 3.54. The zero-order chi connectivity index (χ0) is 15.4. The van der Waals surface area contributed by atoms with Crippen molar-refractivity contribution in [2.45, 2.75) is 39.2 Å². The average Bonchev–Trinajstić information content (AvgIpc) is 2.97. The van der Waals surface area contributed by atoms with Crippen molar-refractivity contribution in [3.63, 3.8) is 0 Å². The molecule has 5 heteroatoms. The maximum atomic E-state index is 5.83. The molecule has 0 radical (unpaired) electrons. The second-order valence-corrected chi connectivity index (χ2v) is 5.38. The molecule has 0 aliphatic heterocycles. The summed E-state index contributed by atoms with van der Waals surface area (Å²) in [5.74, 6) is 0.559. The molecule has 0 spiro atoms. The largest absolute Gasteiger partial charge is 0.474 e. The Labute approximate surface area is 130 Å². The number of ether oxygens (including phenoxy) is 1. The standard InChI is InChI=1S/C17H20N4O/c1-3-4-8-13(2)22-16-12-18-17-15(20-16)11-19-21(17)14-9-6-5-7-10-14/h5-7,9-13H,3-4,8H2,1-2H3. The highest BCUT2D eigenvalue weighted by Gasteiger charge is 2.10. The predicted octanol–water partition coefficient (Wildman–Crippen LogP) is 3.77. The van der Waals surface area contributed by atoms with Crippen molar-refractivity contribution in [1.82, 2.24) is 19.7 Å². The van der Waals surface area contributed by atoms with Gasteiger partial charge < -0.3 is 4.74 Å². The van der Waals surface area contributed by atoms with Crippen LogP contribution < -0.4 is 4.74 Å². The number of benzene rings is 1. The van der Waals surface area contributed by atoms with Crippen molar-refractivity contribution in [2.24, 2.45) is 0 Å². The lowest BCUT2D eigenvalue weighted by Gasteiger charge is -2.12. The number of fused-ring (bicyclic) bond motifs is 1. The summed E-state index contributed by atoms with van der Waals surface area (Å²) in [6.45, 7) is 4.24. The van der Waals surface area contributed by atoms with Gasteiger partial charge in [-0.2, -0.15) is 5.10 Å². The van der Waals surface area contributed by atoms with E-state index >= 15 is 0 Å². The Morgan fingerprint density at radius 2 is 2.00 bits per heavy atom. The van der Waals surface area contributed by atoms with Crippen molar-refractivity contribution >= 4 is 11.2 Å². The number of hydrogen-bond donors (Lipinski definition) is 0. The molecule has 0 bridgehead atoms. The normalized spacial score (nSPS) is 12.5. The first-order valence-corrected chi connectivity index (χ1v) is 7.70. The van der Waals surface area contributed by atoms with Crippen LogP contribution in [-0.4, -0.2) is 25.9 Å². The monoisotopic (exact) mass is 296 g/mol. The smallest absolute Gasteiger partial charge is 0.233 e. The van der Waals surface area contributed by atoms with Gasteiger partial charge >= 0.3 is 0 Å². The number of aromatic nitrogens is 4. The molecule has 0 saturated carbocycles. The van der Waals surface area contributed by atoms with E-state index in [4.69, 9.17) is 4.74 Å². The summed E-state index contributed by atoms with van der Waals surface area (Å²) in [5, 5.41) is 4.37. The minimum absolute atomic E-state index is 0.149. The minimum Gasteiger partial charge on any atom is -0.474 e. The maximum Gasteiger partial charge on any atom is 0.233 e. The summed E-state index contributed by atoms with van der Waals surface area (Å²) < 4.78 is 7.61. The highest BCUT2D eigenvalue weighted by atomic mass is 16.5. The number of hydrogen-bond acceptors (Lipinski definition) is 4. The summed E-state index contributed by atoms with van der Waals surface area (Å²) in [4.78, 5) is 8.97. The number of para-hydroxylation sites is 1. The first-order chi connectivity index (χ1) is 10.8. The lowest BCUT2D eigenvalue weighted by atomic mass is 10.2. The number of unbranched alkanes of at least 4 members (excludes halogenated alkanes) is 1. The zero-order valence-corrected chi connectivity index (χ0v) is 12.9. The Kier molecular flexibility index (Phi) is 4.32. The first-order valence-electron chi connectivity index (χ1n) is 7.70. The van der Waals surface area contributed by atoms with Gasteiger partial charge in [-0.25, -0.2) is 14.6 Å². The van der Waals surface area contributed by atoms with Crippen LogP contribution in [0.1, 0.15) is 33.1 Å². The van der Waals surface area contributed by atoms with E-state index in [9.17, 15) is 0 Å². The van der Waals surface area contributed by atoms with E-state index in [2.05, 4.69) is 28.9 Å². The van der Waals surface area contributed by atoms with Crippen LogP contribution in [0.15, 0.2) is 42.7 Å². The molecule has 1 unspecified atom stereocenters. The van der Waals surface area contributed by atoms with Crippen LogP contribution in [0.2, 0.25) is 0 Å². The van der Waals surface area contributed by atoms with Crippen LogP contribution in [0.4, 0.5) is 0 Å². The molecular formula is C17H20N4O. The van der Waals surface area contributed by atoms with Gasteiger partial charge in [0.1, 0.15) is 5.52 Å². The van der Waals surface area contributed by atoms with Crippen LogP contribution in [0.5, 0.6) is 5.88 Å². The fourth-order valence-corrected chi connectivity index (χ4v) is 2.37. The fourth-order valence-electron chi connectivity index (χ4n) is 2.37. The van der Waals surface area contributed by atoms with E-state index in [-0.39, 0.29) is 6.10 Å². The van der Waals surface area contributed by atoms with Crippen molar-refractivity contribution < 1.29 is 4.74 Å². The van der Waals surface area contributed by atoms with Gasteiger partial charge in [0.15, 0.2) is 5.65 Å². The Bertz CT molecular complexity index is 739. The van der Waals surface area contributed by atoms with Crippen LogP contribution in [0, 0.1) is 0 Å². The average molecular weight is 296 g/mol. The van der Waals surface area contributed by atoms with E-state index in [1.54, 1.807) is 17.1 Å². The SMILES string of the molecule is CCCCC(C)Oc1cnc2c(cnn2-c2ccccc2)n1. The van der Waals surface area contributed by atoms with E-state index in [1.807, 2.05) is 30.3 Å². The molecule has 2 heterocycles. The Balaban J connectivity index is 1.83. The third-order valence-electron chi connectivity index (χ3n) is 3.54. The summed E-state index contributed by atoms with van der Waals surface area (Å²) in [7, 11) is 0. The van der Waals surface area contributed by atoms with Crippen molar-refractivity contribution in [1.29, 1.82) is 0 Å². The minimum atomic E-state index is 0.149. The maximum absolute atomic E-state index is 5.83. The molecule has 0 aliphatic rings. The molecule has 5 nitrogen and oxygen atoms in total. The first kappa shape index (κ1) is 14.5. The molecule has 0 saturated heterocycles. The van der Waals surface area contributed by atoms with Gasteiger partial charge in [0, 0.05) is 0 Å². The Morgan fingerprint density at radius 3 is 2.77 bits per heavy atom. The van der Waals surface area contributed by atoms with E-state index in [1.165, 1.54) is 6.42 Å². The number of rotatable bonds is 6. The second-order valence-electron chi connectivity index (χ2n) is 5.38. The summed E-state index contributed by atoms with van der Waals surface area (Å²) >= 11 is 0. The van der Waals surface area contributed by atoms with Gasteiger partial charge in [0.2, 0.25) is 5.88 Å². The molecule has 0 fully saturated rings. The highest BCUT2D eigenvalue weighted by molar-refractivity contribution is 5.71.